The van der Waals surface area contributed by atoms with Gasteiger partial charge in [-0.2, -0.15) is 0 Å². The normalized spacial score (nSPS) is 12.5. The molecule has 2 aromatic carbocycles. The van der Waals surface area contributed by atoms with Crippen LogP contribution in [0.15, 0.2) is 30.3 Å². The number of hydrogen-bond acceptors (Lipinski definition) is 4. The van der Waals surface area contributed by atoms with E-state index in [1.165, 1.54) is 6.92 Å². The number of ether oxygens (including phenoxy) is 1. The van der Waals surface area contributed by atoms with Gasteiger partial charge in [-0.1, -0.05) is 24.6 Å². The van der Waals surface area contributed by atoms with Crippen LogP contribution in [0.1, 0.15) is 50.8 Å². The maximum absolute atomic E-state index is 15.3. The number of benzene rings is 2. The SMILES string of the molecule is CC[C@@H](N[C@@H](C)CC(N)=O)c1ccc(Cl)c(Oc2ccc(NC(C)=O)c(C)c2)c1F.Cl. The molecule has 6 nitrogen and oxygen atoms in total. The van der Waals surface area contributed by atoms with E-state index >= 15 is 4.39 Å². The predicted molar refractivity (Wildman–Crippen MR) is 124 cm³/mol. The molecule has 2 amide bonds. The van der Waals surface area contributed by atoms with Crippen LogP contribution in [0.5, 0.6) is 11.5 Å². The lowest BCUT2D eigenvalue weighted by atomic mass is 10.0. The first-order valence-corrected chi connectivity index (χ1v) is 10.1. The van der Waals surface area contributed by atoms with Gasteiger partial charge in [0.1, 0.15) is 5.75 Å². The average molecular weight is 472 g/mol. The predicted octanol–water partition coefficient (Wildman–Crippen LogP) is 5.26. The number of aryl methyl sites for hydroxylation is 1. The second-order valence-corrected chi connectivity index (χ2v) is 7.65. The van der Waals surface area contributed by atoms with Crippen molar-refractivity contribution < 1.29 is 18.7 Å². The molecule has 0 radical (unpaired) electrons. The van der Waals surface area contributed by atoms with E-state index in [1.54, 1.807) is 30.3 Å². The first kappa shape index (κ1) is 26.7. The van der Waals surface area contributed by atoms with E-state index in [4.69, 9.17) is 22.1 Å². The number of anilines is 1. The number of nitrogens with two attached hydrogens (primary N) is 1. The number of halogens is 3. The average Bonchev–Trinajstić information content (AvgIpc) is 2.65. The van der Waals surface area contributed by atoms with Crippen molar-refractivity contribution in [3.8, 4) is 11.5 Å². The molecule has 0 saturated carbocycles. The fraction of sp³-hybridized carbons (Fsp3) is 0.364. The third-order valence-electron chi connectivity index (χ3n) is 4.58. The molecule has 4 N–H and O–H groups in total. The molecule has 31 heavy (non-hydrogen) atoms. The van der Waals surface area contributed by atoms with E-state index in [1.807, 2.05) is 20.8 Å². The summed E-state index contributed by atoms with van der Waals surface area (Å²) in [7, 11) is 0. The fourth-order valence-corrected chi connectivity index (χ4v) is 3.37. The van der Waals surface area contributed by atoms with Crippen LogP contribution in [0.3, 0.4) is 0 Å². The van der Waals surface area contributed by atoms with Gasteiger partial charge in [0.25, 0.3) is 0 Å². The Hall–Kier alpha value is -2.35. The van der Waals surface area contributed by atoms with Gasteiger partial charge in [-0.3, -0.25) is 9.59 Å². The largest absolute Gasteiger partial charge is 0.453 e. The zero-order valence-corrected chi connectivity index (χ0v) is 19.5. The van der Waals surface area contributed by atoms with Gasteiger partial charge in [-0.15, -0.1) is 12.4 Å². The number of rotatable bonds is 9. The van der Waals surface area contributed by atoms with Crippen LogP contribution >= 0.6 is 24.0 Å². The number of amides is 2. The van der Waals surface area contributed by atoms with E-state index < -0.39 is 11.7 Å². The summed E-state index contributed by atoms with van der Waals surface area (Å²) < 4.78 is 21.1. The van der Waals surface area contributed by atoms with Crippen molar-refractivity contribution in [3.63, 3.8) is 0 Å². The molecule has 0 aliphatic carbocycles. The van der Waals surface area contributed by atoms with Crippen molar-refractivity contribution in [1.82, 2.24) is 5.32 Å². The molecule has 0 aliphatic heterocycles. The van der Waals surface area contributed by atoms with Crippen molar-refractivity contribution in [1.29, 1.82) is 0 Å². The Morgan fingerprint density at radius 3 is 2.48 bits per heavy atom. The highest BCUT2D eigenvalue weighted by Crippen LogP contribution is 2.37. The zero-order valence-electron chi connectivity index (χ0n) is 17.9. The molecule has 0 unspecified atom stereocenters. The Bertz CT molecular complexity index is 940. The molecule has 2 aromatic rings. The third-order valence-corrected chi connectivity index (χ3v) is 4.88. The molecular weight excluding hydrogens is 444 g/mol. The lowest BCUT2D eigenvalue weighted by molar-refractivity contribution is -0.118. The van der Waals surface area contributed by atoms with Crippen LogP contribution in [0.2, 0.25) is 5.02 Å². The molecule has 2 atom stereocenters. The highest BCUT2D eigenvalue weighted by molar-refractivity contribution is 6.32. The van der Waals surface area contributed by atoms with Gasteiger partial charge in [-0.05, 0) is 50.1 Å². The van der Waals surface area contributed by atoms with Gasteiger partial charge >= 0.3 is 0 Å². The summed E-state index contributed by atoms with van der Waals surface area (Å²) in [5.74, 6) is -0.871. The third kappa shape index (κ3) is 7.38. The lowest BCUT2D eigenvalue weighted by Crippen LogP contribution is -2.34. The molecule has 0 aliphatic rings. The van der Waals surface area contributed by atoms with E-state index in [2.05, 4.69) is 10.6 Å². The van der Waals surface area contributed by atoms with Crippen LogP contribution < -0.4 is 21.1 Å². The number of carbonyl (C=O) groups excluding carboxylic acids is 2. The second kappa shape index (κ2) is 11.9. The minimum Gasteiger partial charge on any atom is -0.453 e. The highest BCUT2D eigenvalue weighted by Gasteiger charge is 2.22. The molecule has 0 aromatic heterocycles. The number of primary amides is 1. The number of nitrogens with one attached hydrogen (secondary N) is 2. The van der Waals surface area contributed by atoms with Crippen molar-refractivity contribution in [2.24, 2.45) is 5.73 Å². The van der Waals surface area contributed by atoms with Crippen LogP contribution in [0.25, 0.3) is 0 Å². The summed E-state index contributed by atoms with van der Waals surface area (Å²) >= 11 is 6.21. The Labute approximate surface area is 193 Å². The molecule has 0 fully saturated rings. The molecular formula is C22H28Cl2FN3O3. The molecule has 0 spiro atoms. The number of hydrogen-bond donors (Lipinski definition) is 3. The summed E-state index contributed by atoms with van der Waals surface area (Å²) in [4.78, 5) is 22.4. The van der Waals surface area contributed by atoms with E-state index in [0.717, 1.165) is 5.56 Å². The molecule has 9 heteroatoms. The molecule has 0 heterocycles. The maximum atomic E-state index is 15.3. The van der Waals surface area contributed by atoms with Gasteiger partial charge < -0.3 is 21.1 Å². The van der Waals surface area contributed by atoms with Gasteiger partial charge in [0, 0.05) is 36.7 Å². The summed E-state index contributed by atoms with van der Waals surface area (Å²) in [6.07, 6.45) is 0.737. The monoisotopic (exact) mass is 471 g/mol. The van der Waals surface area contributed by atoms with Crippen molar-refractivity contribution in [2.75, 3.05) is 5.32 Å². The quantitative estimate of drug-likeness (QED) is 0.464. The molecule has 0 saturated heterocycles. The van der Waals surface area contributed by atoms with Gasteiger partial charge in [0.05, 0.1) is 5.02 Å². The summed E-state index contributed by atoms with van der Waals surface area (Å²) in [5, 5.41) is 6.07. The van der Waals surface area contributed by atoms with Crippen molar-refractivity contribution in [3.05, 3.63) is 52.3 Å². The van der Waals surface area contributed by atoms with E-state index in [0.29, 0.717) is 23.4 Å². The second-order valence-electron chi connectivity index (χ2n) is 7.24. The highest BCUT2D eigenvalue weighted by atomic mass is 35.5. The molecule has 170 valence electrons. The van der Waals surface area contributed by atoms with E-state index in [9.17, 15) is 9.59 Å². The maximum Gasteiger partial charge on any atom is 0.221 e. The van der Waals surface area contributed by atoms with Crippen molar-refractivity contribution >= 4 is 41.5 Å². The molecule has 0 bridgehead atoms. The Balaban J connectivity index is 0.00000480. The zero-order chi connectivity index (χ0) is 22.4. The van der Waals surface area contributed by atoms with Crippen LogP contribution in [-0.4, -0.2) is 17.9 Å². The summed E-state index contributed by atoms with van der Waals surface area (Å²) in [5.41, 5.74) is 7.05. The topological polar surface area (TPSA) is 93.4 Å². The first-order chi connectivity index (χ1) is 14.1. The van der Waals surface area contributed by atoms with Crippen LogP contribution in [0.4, 0.5) is 10.1 Å². The van der Waals surface area contributed by atoms with Crippen LogP contribution in [0, 0.1) is 12.7 Å². The van der Waals surface area contributed by atoms with Crippen LogP contribution in [-0.2, 0) is 9.59 Å². The van der Waals surface area contributed by atoms with Crippen molar-refractivity contribution in [2.45, 2.75) is 52.6 Å². The first-order valence-electron chi connectivity index (χ1n) is 9.70. The smallest absolute Gasteiger partial charge is 0.221 e. The minimum absolute atomic E-state index is 0. The standard InChI is InChI=1S/C22H27ClFN3O3.ClH/c1-5-18(26-13(3)11-20(25)29)16-7-8-17(23)22(21(16)24)30-15-6-9-19(12(2)10-15)27-14(4)28;/h6-10,13,18,26H,5,11H2,1-4H3,(H2,25,29)(H,27,28);1H/t13-,18+;/m0./s1. The van der Waals surface area contributed by atoms with Gasteiger partial charge in [0.15, 0.2) is 11.6 Å². The molecule has 2 rings (SSSR count). The lowest BCUT2D eigenvalue weighted by Gasteiger charge is -2.23. The summed E-state index contributed by atoms with van der Waals surface area (Å²) in [6.45, 7) is 6.96. The Kier molecular flexibility index (Phi) is 10.2. The van der Waals surface area contributed by atoms with E-state index in [-0.39, 0.29) is 47.6 Å². The number of carbonyl (C=O) groups is 2. The van der Waals surface area contributed by atoms with Gasteiger partial charge in [-0.25, -0.2) is 4.39 Å². The fourth-order valence-electron chi connectivity index (χ4n) is 3.19. The Morgan fingerprint density at radius 2 is 1.94 bits per heavy atom. The summed E-state index contributed by atoms with van der Waals surface area (Å²) in [6, 6.07) is 7.64. The Morgan fingerprint density at radius 1 is 1.26 bits per heavy atom. The minimum atomic E-state index is -0.572. The van der Waals surface area contributed by atoms with Gasteiger partial charge in [0.2, 0.25) is 11.8 Å².